The number of nitrogens with zero attached hydrogens (tertiary/aromatic N) is 3. The third kappa shape index (κ3) is 5.46. The van der Waals surface area contributed by atoms with Gasteiger partial charge in [-0.15, -0.1) is 5.10 Å². The van der Waals surface area contributed by atoms with Gasteiger partial charge in [0.25, 0.3) is 0 Å². The lowest BCUT2D eigenvalue weighted by Crippen LogP contribution is -2.31. The lowest BCUT2D eigenvalue weighted by Gasteiger charge is -2.23. The molecule has 0 radical (unpaired) electrons. The first-order valence-electron chi connectivity index (χ1n) is 9.29. The van der Waals surface area contributed by atoms with Crippen molar-refractivity contribution in [2.75, 3.05) is 19.5 Å². The number of hydrogen-bond donors (Lipinski definition) is 1. The van der Waals surface area contributed by atoms with Gasteiger partial charge in [0.1, 0.15) is 18.5 Å². The van der Waals surface area contributed by atoms with Crippen molar-refractivity contribution in [2.45, 2.75) is 44.8 Å². The Morgan fingerprint density at radius 3 is 2.86 bits per heavy atom. The van der Waals surface area contributed by atoms with Crippen LogP contribution < -0.4 is 10.1 Å². The third-order valence-corrected chi connectivity index (χ3v) is 7.24. The highest BCUT2D eigenvalue weighted by molar-refractivity contribution is 14.1. The number of dihydropyridines is 1. The van der Waals surface area contributed by atoms with Crippen molar-refractivity contribution in [3.05, 3.63) is 33.7 Å². The maximum atomic E-state index is 14.2. The van der Waals surface area contributed by atoms with E-state index >= 15 is 0 Å². The van der Waals surface area contributed by atoms with Gasteiger partial charge in [0, 0.05) is 24.5 Å². The van der Waals surface area contributed by atoms with Gasteiger partial charge in [-0.2, -0.15) is 11.6 Å². The van der Waals surface area contributed by atoms with Crippen LogP contribution in [0.2, 0.25) is 0 Å². The maximum absolute atomic E-state index is 14.2. The summed E-state index contributed by atoms with van der Waals surface area (Å²) >= 11 is 3.36. The number of rotatable bonds is 10. The number of halogens is 2. The van der Waals surface area contributed by atoms with E-state index in [0.29, 0.717) is 5.69 Å². The third-order valence-electron chi connectivity index (χ3n) is 4.64. The molecule has 1 N–H and O–H groups in total. The lowest BCUT2D eigenvalue weighted by molar-refractivity contribution is -0.386. The second-order valence-corrected chi connectivity index (χ2v) is 10.1. The molecule has 0 aromatic carbocycles. The molecule has 1 fully saturated rings. The summed E-state index contributed by atoms with van der Waals surface area (Å²) < 4.78 is 26.2. The van der Waals surface area contributed by atoms with E-state index in [1.165, 1.54) is 11.6 Å². The first-order chi connectivity index (χ1) is 13.8. The van der Waals surface area contributed by atoms with Crippen LogP contribution in [0.15, 0.2) is 17.8 Å². The topological polar surface area (TPSA) is 91.5 Å². The van der Waals surface area contributed by atoms with Crippen LogP contribution in [-0.4, -0.2) is 50.4 Å². The highest BCUT2D eigenvalue weighted by atomic mass is 127. The van der Waals surface area contributed by atoms with Crippen LogP contribution in [0.25, 0.3) is 5.70 Å². The zero-order valence-electron chi connectivity index (χ0n) is 16.4. The molecular formula is C17H23BFIN4O4S. The van der Waals surface area contributed by atoms with Gasteiger partial charge in [0.15, 0.2) is 0 Å². The van der Waals surface area contributed by atoms with Crippen molar-refractivity contribution in [3.63, 3.8) is 0 Å². The fourth-order valence-corrected chi connectivity index (χ4v) is 4.34. The molecule has 0 saturated heterocycles. The van der Waals surface area contributed by atoms with Crippen molar-refractivity contribution >= 4 is 49.4 Å². The number of nitro groups is 1. The Balaban J connectivity index is 1.85. The molecular weight excluding hydrogens is 513 g/mol. The summed E-state index contributed by atoms with van der Waals surface area (Å²) in [5.74, 6) is 0.113. The van der Waals surface area contributed by atoms with E-state index in [2.05, 4.69) is 32.8 Å². The Kier molecular flexibility index (Phi) is 7.49. The summed E-state index contributed by atoms with van der Waals surface area (Å²) in [6.07, 6.45) is 4.26. The molecule has 1 aliphatic carbocycles. The average Bonchev–Trinajstić information content (AvgIpc) is 3.44. The molecule has 0 spiro atoms. The molecule has 1 saturated carbocycles. The largest absolute Gasteiger partial charge is 0.469 e. The highest BCUT2D eigenvalue weighted by Gasteiger charge is 2.41. The fraction of sp³-hybridized carbons (Fsp3) is 0.588. The molecule has 12 heteroatoms. The van der Waals surface area contributed by atoms with Crippen molar-refractivity contribution < 1.29 is 18.7 Å². The molecule has 158 valence electrons. The van der Waals surface area contributed by atoms with Crippen LogP contribution >= 0.6 is 34.0 Å². The molecule has 0 amide bonds. The fourth-order valence-electron chi connectivity index (χ4n) is 3.13. The van der Waals surface area contributed by atoms with Crippen molar-refractivity contribution in [1.82, 2.24) is 15.1 Å². The van der Waals surface area contributed by atoms with E-state index in [-0.39, 0.29) is 39.9 Å². The molecule has 1 aliphatic heterocycles. The average molecular weight is 536 g/mol. The minimum absolute atomic E-state index is 0.0650. The Labute approximate surface area is 186 Å². The Morgan fingerprint density at radius 1 is 1.55 bits per heavy atom. The zero-order chi connectivity index (χ0) is 21.1. The van der Waals surface area contributed by atoms with Crippen molar-refractivity contribution in [3.8, 4) is 5.88 Å². The van der Waals surface area contributed by atoms with Crippen LogP contribution in [0.5, 0.6) is 5.88 Å². The first kappa shape index (κ1) is 22.4. The number of aromatic nitrogens is 2. The van der Waals surface area contributed by atoms with Gasteiger partial charge in [0.05, 0.1) is 16.7 Å². The normalized spacial score (nSPS) is 19.8. The maximum Gasteiger partial charge on any atom is 0.435 e. The van der Waals surface area contributed by atoms with E-state index in [1.807, 2.05) is 26.0 Å². The summed E-state index contributed by atoms with van der Waals surface area (Å²) in [5, 5.41) is 19.5. The van der Waals surface area contributed by atoms with Crippen molar-refractivity contribution in [2.24, 2.45) is 0 Å². The van der Waals surface area contributed by atoms with Crippen LogP contribution in [0.3, 0.4) is 0 Å². The predicted molar refractivity (Wildman–Crippen MR) is 121 cm³/mol. The summed E-state index contributed by atoms with van der Waals surface area (Å²) in [6, 6.07) is -0.0650. The summed E-state index contributed by atoms with van der Waals surface area (Å²) in [5.41, 5.74) is 2.19. The molecule has 8 nitrogen and oxygen atoms in total. The molecule has 2 heterocycles. The SMILES string of the molecule is COB(I)SCC(F)COc1nn(C2=CC=C(C)NC2C)c(C2CC2)c1[N+](=O)[O-]. The van der Waals surface area contributed by atoms with Crippen LogP contribution in [-0.2, 0) is 4.65 Å². The first-order valence-corrected chi connectivity index (χ1v) is 11.6. The Hall–Kier alpha value is -1.28. The quantitative estimate of drug-likeness (QED) is 0.210. The van der Waals surface area contributed by atoms with Crippen LogP contribution in [0.4, 0.5) is 10.1 Å². The molecule has 29 heavy (non-hydrogen) atoms. The van der Waals surface area contributed by atoms with Gasteiger partial charge in [-0.05, 0) is 38.8 Å². The van der Waals surface area contributed by atoms with Gasteiger partial charge in [0.2, 0.25) is 0 Å². The van der Waals surface area contributed by atoms with E-state index in [4.69, 9.17) is 9.39 Å². The number of hydrogen-bond acceptors (Lipinski definition) is 7. The Bertz CT molecular complexity index is 833. The number of ether oxygens (including phenoxy) is 1. The second kappa shape index (κ2) is 9.69. The highest BCUT2D eigenvalue weighted by Crippen LogP contribution is 2.48. The monoisotopic (exact) mass is 536 g/mol. The predicted octanol–water partition coefficient (Wildman–Crippen LogP) is 3.92. The molecule has 2 unspecified atom stereocenters. The molecule has 2 aliphatic rings. The van der Waals surface area contributed by atoms with Crippen LogP contribution in [0.1, 0.15) is 38.3 Å². The molecule has 0 bridgehead atoms. The zero-order valence-corrected chi connectivity index (χ0v) is 19.4. The number of alkyl halides is 1. The molecule has 1 aromatic rings. The van der Waals surface area contributed by atoms with E-state index in [1.54, 1.807) is 11.8 Å². The standard InChI is InChI=1S/C17H23BFIN4O4S/c1-10-4-7-14(11(2)21-10)23-15(12-5-6-12)16(24(25)26)17(22-23)28-8-13(19)9-29-18(20)27-3/h4,7,11-13,21H,5-6,8-9H2,1-3H3. The Morgan fingerprint density at radius 2 is 2.28 bits per heavy atom. The van der Waals surface area contributed by atoms with Gasteiger partial charge in [-0.1, -0.05) is 22.4 Å². The molecule has 2 atom stereocenters. The van der Waals surface area contributed by atoms with Crippen molar-refractivity contribution in [1.29, 1.82) is 0 Å². The smallest absolute Gasteiger partial charge is 0.435 e. The second-order valence-electron chi connectivity index (χ2n) is 7.04. The molecule has 1 aromatic heterocycles. The van der Waals surface area contributed by atoms with Gasteiger partial charge < -0.3 is 14.7 Å². The van der Waals surface area contributed by atoms with Gasteiger partial charge >= 0.3 is 15.6 Å². The van der Waals surface area contributed by atoms with Gasteiger partial charge in [-0.3, -0.25) is 10.1 Å². The van der Waals surface area contributed by atoms with E-state index in [9.17, 15) is 14.5 Å². The van der Waals surface area contributed by atoms with E-state index in [0.717, 1.165) is 24.2 Å². The summed E-state index contributed by atoms with van der Waals surface area (Å²) in [7, 11) is 1.55. The lowest BCUT2D eigenvalue weighted by atomic mass is 10.1. The minimum atomic E-state index is -1.29. The minimum Gasteiger partial charge on any atom is -0.469 e. The van der Waals surface area contributed by atoms with Gasteiger partial charge in [-0.25, -0.2) is 9.07 Å². The van der Waals surface area contributed by atoms with E-state index < -0.39 is 11.1 Å². The summed E-state index contributed by atoms with van der Waals surface area (Å²) in [6.45, 7) is 3.63. The van der Waals surface area contributed by atoms with Crippen LogP contribution in [0, 0.1) is 10.1 Å². The summed E-state index contributed by atoms with van der Waals surface area (Å²) in [4.78, 5) is 11.3. The molecule has 3 rings (SSSR count). The number of nitrogens with one attached hydrogen (secondary N) is 1. The number of allylic oxidation sites excluding steroid dienone is 3.